The molecule has 0 spiro atoms. The number of carboxylic acid groups (broad SMARTS) is 1. The third kappa shape index (κ3) is 5.92. The minimum absolute atomic E-state index is 0.108. The van der Waals surface area contributed by atoms with Crippen molar-refractivity contribution in [1.29, 1.82) is 0 Å². The van der Waals surface area contributed by atoms with Gasteiger partial charge in [-0.1, -0.05) is 44.2 Å². The predicted molar refractivity (Wildman–Crippen MR) is 102 cm³/mol. The number of carbonyl (C=O) groups excluding carboxylic acids is 1. The normalized spacial score (nSPS) is 12.6. The number of aliphatic carboxylic acids is 1. The molecule has 0 saturated carbocycles. The Hall–Kier alpha value is -2.67. The fourth-order valence-corrected chi connectivity index (χ4v) is 3.97. The van der Waals surface area contributed by atoms with Gasteiger partial charge in [0.1, 0.15) is 6.04 Å². The maximum Gasteiger partial charge on any atom is 0.326 e. The molecule has 144 valence electrons. The smallest absolute Gasteiger partial charge is 0.326 e. The quantitative estimate of drug-likeness (QED) is 0.723. The van der Waals surface area contributed by atoms with Gasteiger partial charge in [0.05, 0.1) is 10.6 Å². The first kappa shape index (κ1) is 20.6. The van der Waals surface area contributed by atoms with E-state index in [2.05, 4.69) is 5.32 Å². The lowest BCUT2D eigenvalue weighted by molar-refractivity contribution is -0.139. The first-order chi connectivity index (χ1) is 12.7. The van der Waals surface area contributed by atoms with Gasteiger partial charge in [-0.2, -0.15) is 0 Å². The maximum atomic E-state index is 12.5. The van der Waals surface area contributed by atoms with E-state index in [1.165, 1.54) is 24.3 Å². The molecule has 6 nitrogen and oxygen atoms in total. The van der Waals surface area contributed by atoms with E-state index in [4.69, 9.17) is 0 Å². The lowest BCUT2D eigenvalue weighted by Crippen LogP contribution is -2.41. The van der Waals surface area contributed by atoms with E-state index in [1.807, 2.05) is 19.9 Å². The summed E-state index contributed by atoms with van der Waals surface area (Å²) in [5, 5.41) is 11.7. The van der Waals surface area contributed by atoms with Crippen LogP contribution in [0.4, 0.5) is 0 Å². The molecule has 27 heavy (non-hydrogen) atoms. The molecule has 0 bridgehead atoms. The summed E-state index contributed by atoms with van der Waals surface area (Å²) >= 11 is 0. The van der Waals surface area contributed by atoms with Crippen LogP contribution in [0.2, 0.25) is 0 Å². The molecule has 0 heterocycles. The lowest BCUT2D eigenvalue weighted by atomic mass is 10.0. The number of rotatable bonds is 8. The molecule has 2 rings (SSSR count). The first-order valence-electron chi connectivity index (χ1n) is 8.59. The number of benzene rings is 2. The molecule has 1 atom stereocenters. The Morgan fingerprint density at radius 2 is 1.59 bits per heavy atom. The van der Waals surface area contributed by atoms with E-state index < -0.39 is 27.8 Å². The van der Waals surface area contributed by atoms with Gasteiger partial charge in [0.2, 0.25) is 0 Å². The molecule has 0 aliphatic rings. The molecule has 0 aromatic heterocycles. The maximum absolute atomic E-state index is 12.5. The SMILES string of the molecule is CC(C)CC(NC(=O)c1ccc(S(=O)(=O)Cc2ccccc2)cc1)C(=O)O. The highest BCUT2D eigenvalue weighted by Crippen LogP contribution is 2.17. The van der Waals surface area contributed by atoms with Crippen LogP contribution in [-0.4, -0.2) is 31.4 Å². The van der Waals surface area contributed by atoms with E-state index >= 15 is 0 Å². The van der Waals surface area contributed by atoms with Gasteiger partial charge >= 0.3 is 5.97 Å². The largest absolute Gasteiger partial charge is 0.480 e. The number of sulfone groups is 1. The molecule has 0 aliphatic heterocycles. The number of hydrogen-bond acceptors (Lipinski definition) is 4. The van der Waals surface area contributed by atoms with Gasteiger partial charge < -0.3 is 10.4 Å². The van der Waals surface area contributed by atoms with Crippen LogP contribution in [0.3, 0.4) is 0 Å². The van der Waals surface area contributed by atoms with Crippen molar-refractivity contribution >= 4 is 21.7 Å². The van der Waals surface area contributed by atoms with Crippen LogP contribution in [0, 0.1) is 5.92 Å². The number of hydrogen-bond donors (Lipinski definition) is 2. The molecule has 0 saturated heterocycles. The summed E-state index contributed by atoms with van der Waals surface area (Å²) in [6, 6.07) is 13.4. The van der Waals surface area contributed by atoms with Crippen LogP contribution in [0.1, 0.15) is 36.2 Å². The summed E-state index contributed by atoms with van der Waals surface area (Å²) in [6.07, 6.45) is 0.310. The summed E-state index contributed by atoms with van der Waals surface area (Å²) < 4.78 is 25.0. The molecule has 2 N–H and O–H groups in total. The van der Waals surface area contributed by atoms with Gasteiger partial charge in [-0.3, -0.25) is 4.79 Å². The Bertz CT molecular complexity index is 890. The number of carbonyl (C=O) groups is 2. The summed E-state index contributed by atoms with van der Waals surface area (Å²) in [5.74, 6) is -1.67. The van der Waals surface area contributed by atoms with Gasteiger partial charge in [-0.25, -0.2) is 13.2 Å². The summed E-state index contributed by atoms with van der Waals surface area (Å²) in [6.45, 7) is 3.74. The molecule has 1 amide bonds. The van der Waals surface area contributed by atoms with E-state index in [-0.39, 0.29) is 22.1 Å². The van der Waals surface area contributed by atoms with Crippen molar-refractivity contribution in [3.8, 4) is 0 Å². The van der Waals surface area contributed by atoms with Gasteiger partial charge in [0.15, 0.2) is 9.84 Å². The highest BCUT2D eigenvalue weighted by molar-refractivity contribution is 7.90. The van der Waals surface area contributed by atoms with Crippen LogP contribution in [0.15, 0.2) is 59.5 Å². The van der Waals surface area contributed by atoms with Crippen LogP contribution >= 0.6 is 0 Å². The Balaban J connectivity index is 2.11. The van der Waals surface area contributed by atoms with Crippen molar-refractivity contribution in [2.24, 2.45) is 5.92 Å². The van der Waals surface area contributed by atoms with Crippen molar-refractivity contribution in [3.05, 3.63) is 65.7 Å². The zero-order valence-electron chi connectivity index (χ0n) is 15.3. The Morgan fingerprint density at radius 1 is 1.00 bits per heavy atom. The monoisotopic (exact) mass is 389 g/mol. The van der Waals surface area contributed by atoms with E-state index in [0.29, 0.717) is 12.0 Å². The molecule has 2 aromatic carbocycles. The highest BCUT2D eigenvalue weighted by Gasteiger charge is 2.22. The number of nitrogens with one attached hydrogen (secondary N) is 1. The second kappa shape index (κ2) is 8.81. The Kier molecular flexibility index (Phi) is 6.74. The van der Waals surface area contributed by atoms with Gasteiger partial charge in [0.25, 0.3) is 5.91 Å². The fourth-order valence-electron chi connectivity index (χ4n) is 2.63. The third-order valence-corrected chi connectivity index (χ3v) is 5.69. The minimum atomic E-state index is -3.53. The topological polar surface area (TPSA) is 101 Å². The molecule has 2 aromatic rings. The second-order valence-corrected chi connectivity index (χ2v) is 8.75. The minimum Gasteiger partial charge on any atom is -0.480 e. The molecular formula is C20H23NO5S. The van der Waals surface area contributed by atoms with Gasteiger partial charge in [-0.15, -0.1) is 0 Å². The van der Waals surface area contributed by atoms with Crippen LogP contribution in [0.25, 0.3) is 0 Å². The van der Waals surface area contributed by atoms with Crippen molar-refractivity contribution in [2.45, 2.75) is 37.0 Å². The molecule has 0 radical (unpaired) electrons. The van der Waals surface area contributed by atoms with Gasteiger partial charge in [-0.05, 0) is 42.2 Å². The predicted octanol–water partition coefficient (Wildman–Crippen LogP) is 2.89. The number of carboxylic acids is 1. The first-order valence-corrected chi connectivity index (χ1v) is 10.2. The van der Waals surface area contributed by atoms with Crippen LogP contribution in [-0.2, 0) is 20.4 Å². The van der Waals surface area contributed by atoms with Crippen molar-refractivity contribution < 1.29 is 23.1 Å². The average molecular weight is 389 g/mol. The molecule has 7 heteroatoms. The van der Waals surface area contributed by atoms with Crippen molar-refractivity contribution in [3.63, 3.8) is 0 Å². The Labute approximate surface area is 159 Å². The van der Waals surface area contributed by atoms with E-state index in [1.54, 1.807) is 24.3 Å². The van der Waals surface area contributed by atoms with Crippen LogP contribution < -0.4 is 5.32 Å². The van der Waals surface area contributed by atoms with Gasteiger partial charge in [0, 0.05) is 5.56 Å². The lowest BCUT2D eigenvalue weighted by Gasteiger charge is -2.16. The Morgan fingerprint density at radius 3 is 2.11 bits per heavy atom. The second-order valence-electron chi connectivity index (χ2n) is 6.76. The molecular weight excluding hydrogens is 366 g/mol. The molecule has 1 unspecified atom stereocenters. The summed E-state index contributed by atoms with van der Waals surface area (Å²) in [7, 11) is -3.53. The van der Waals surface area contributed by atoms with Crippen molar-refractivity contribution in [2.75, 3.05) is 0 Å². The van der Waals surface area contributed by atoms with Crippen molar-refractivity contribution in [1.82, 2.24) is 5.32 Å². The highest BCUT2D eigenvalue weighted by atomic mass is 32.2. The van der Waals surface area contributed by atoms with E-state index in [9.17, 15) is 23.1 Å². The fraction of sp³-hybridized carbons (Fsp3) is 0.300. The zero-order chi connectivity index (χ0) is 20.0. The zero-order valence-corrected chi connectivity index (χ0v) is 16.1. The van der Waals surface area contributed by atoms with E-state index in [0.717, 1.165) is 0 Å². The standard InChI is InChI=1S/C20H23NO5S/c1-14(2)12-18(20(23)24)21-19(22)16-8-10-17(11-9-16)27(25,26)13-15-6-4-3-5-7-15/h3-11,14,18H,12-13H2,1-2H3,(H,21,22)(H,23,24). The third-order valence-electron chi connectivity index (χ3n) is 3.99. The average Bonchev–Trinajstić information content (AvgIpc) is 2.61. The number of amides is 1. The molecule has 0 aliphatic carbocycles. The van der Waals surface area contributed by atoms with Crippen LogP contribution in [0.5, 0.6) is 0 Å². The summed E-state index contributed by atoms with van der Waals surface area (Å²) in [4.78, 5) is 23.6. The molecule has 0 fully saturated rings. The summed E-state index contributed by atoms with van der Waals surface area (Å²) in [5.41, 5.74) is 0.890.